The number of fused-ring (bicyclic) bond motifs is 1. The third-order valence-electron chi connectivity index (χ3n) is 2.47. The molecule has 1 heterocycles. The fourth-order valence-corrected chi connectivity index (χ4v) is 2.89. The number of benzene rings is 1. The summed E-state index contributed by atoms with van der Waals surface area (Å²) in [6, 6.07) is 7.11. The van der Waals surface area contributed by atoms with Crippen molar-refractivity contribution in [3.05, 3.63) is 29.3 Å². The van der Waals surface area contributed by atoms with E-state index in [4.69, 9.17) is 21.8 Å². The van der Waals surface area contributed by atoms with E-state index in [1.807, 2.05) is 24.3 Å². The molecule has 5 nitrogen and oxygen atoms in total. The Bertz CT molecular complexity index is 587. The summed E-state index contributed by atoms with van der Waals surface area (Å²) in [7, 11) is 0. The minimum atomic E-state index is -0.969. The van der Waals surface area contributed by atoms with Gasteiger partial charge >= 0.3 is 6.03 Å². The van der Waals surface area contributed by atoms with E-state index in [1.54, 1.807) is 0 Å². The summed E-state index contributed by atoms with van der Waals surface area (Å²) < 4.78 is 0.984. The molecule has 1 atom stereocenters. The molecule has 2 amide bonds. The number of carbonyl (C=O) groups excluding carboxylic acids is 1. The zero-order valence-corrected chi connectivity index (χ0v) is 11.5. The van der Waals surface area contributed by atoms with Gasteiger partial charge < -0.3 is 15.5 Å². The van der Waals surface area contributed by atoms with Crippen LogP contribution in [0.15, 0.2) is 24.3 Å². The highest BCUT2D eigenvalue weighted by atomic mass is 35.5. The van der Waals surface area contributed by atoms with Crippen LogP contribution in [0.5, 0.6) is 0 Å². The van der Waals surface area contributed by atoms with Crippen LogP contribution in [0.4, 0.5) is 9.80 Å². The fourth-order valence-electron chi connectivity index (χ4n) is 1.52. The minimum Gasteiger partial charge on any atom is -0.394 e. The molecule has 1 aromatic carbocycles. The molecular weight excluding hydrogens is 288 g/mol. The van der Waals surface area contributed by atoms with Crippen molar-refractivity contribution >= 4 is 44.1 Å². The molecule has 0 aliphatic carbocycles. The number of aliphatic hydroxyl groups excluding tert-OH is 2. The molecule has 4 N–H and O–H groups in total. The number of rotatable bonds is 4. The molecule has 0 saturated heterocycles. The number of hydrogen-bond donors (Lipinski definition) is 4. The second-order valence-electron chi connectivity index (χ2n) is 3.91. The van der Waals surface area contributed by atoms with Crippen LogP contribution in [0.3, 0.4) is 0 Å². The first-order valence-electron chi connectivity index (χ1n) is 5.62. The van der Waals surface area contributed by atoms with Gasteiger partial charge in [-0.25, -0.2) is 4.79 Å². The van der Waals surface area contributed by atoms with Gasteiger partial charge in [0.25, 0.3) is 0 Å². The Morgan fingerprint density at radius 3 is 2.84 bits per heavy atom. The maximum Gasteiger partial charge on any atom is 0.319 e. The summed E-state index contributed by atoms with van der Waals surface area (Å²) in [5.74, 6) is 0. The number of hydrogen-bond acceptors (Lipinski definition) is 4. The summed E-state index contributed by atoms with van der Waals surface area (Å²) >= 11 is 7.55. The Labute approximate surface area is 118 Å². The van der Waals surface area contributed by atoms with Gasteiger partial charge in [0.15, 0.2) is 0 Å². The third-order valence-corrected chi connectivity index (χ3v) is 4.06. The molecule has 0 fully saturated rings. The third kappa shape index (κ3) is 3.36. The van der Waals surface area contributed by atoms with Crippen LogP contribution in [0.25, 0.3) is 10.1 Å². The molecule has 102 valence electrons. The number of carbonyl (C=O) groups is 1. The molecule has 0 saturated carbocycles. The van der Waals surface area contributed by atoms with Crippen molar-refractivity contribution in [3.63, 3.8) is 0 Å². The van der Waals surface area contributed by atoms with Gasteiger partial charge in [0.2, 0.25) is 0 Å². The summed E-state index contributed by atoms with van der Waals surface area (Å²) in [5.41, 5.74) is 0. The van der Waals surface area contributed by atoms with E-state index in [0.717, 1.165) is 10.1 Å². The van der Waals surface area contributed by atoms with Crippen LogP contribution in [0.2, 0.25) is 5.02 Å². The molecule has 19 heavy (non-hydrogen) atoms. The van der Waals surface area contributed by atoms with Gasteiger partial charge in [-0.15, -0.1) is 11.3 Å². The maximum absolute atomic E-state index is 11.6. The average molecular weight is 301 g/mol. The Hall–Kier alpha value is -1.34. The number of urea groups is 1. The number of amides is 2. The largest absolute Gasteiger partial charge is 0.394 e. The summed E-state index contributed by atoms with van der Waals surface area (Å²) in [6.07, 6.45) is -0.969. The topological polar surface area (TPSA) is 81.6 Å². The van der Waals surface area contributed by atoms with Crippen molar-refractivity contribution < 1.29 is 15.0 Å². The Morgan fingerprint density at radius 1 is 1.42 bits per heavy atom. The molecule has 0 bridgehead atoms. The van der Waals surface area contributed by atoms with Gasteiger partial charge in [-0.3, -0.25) is 5.32 Å². The molecule has 7 heteroatoms. The molecule has 0 radical (unpaired) electrons. The number of thiophene rings is 1. The van der Waals surface area contributed by atoms with Gasteiger partial charge in [0.1, 0.15) is 5.00 Å². The first-order valence-corrected chi connectivity index (χ1v) is 6.82. The summed E-state index contributed by atoms with van der Waals surface area (Å²) in [4.78, 5) is 11.6. The van der Waals surface area contributed by atoms with Crippen molar-refractivity contribution in [2.45, 2.75) is 6.10 Å². The van der Waals surface area contributed by atoms with Crippen LogP contribution < -0.4 is 10.6 Å². The second-order valence-corrected chi connectivity index (χ2v) is 5.34. The Balaban J connectivity index is 2.05. The quantitative estimate of drug-likeness (QED) is 0.697. The highest BCUT2D eigenvalue weighted by Crippen LogP contribution is 2.39. The average Bonchev–Trinajstić information content (AvgIpc) is 2.73. The monoisotopic (exact) mass is 300 g/mol. The first-order chi connectivity index (χ1) is 9.11. The van der Waals surface area contributed by atoms with Crippen molar-refractivity contribution in [1.82, 2.24) is 5.32 Å². The number of anilines is 1. The van der Waals surface area contributed by atoms with Crippen LogP contribution in [0.1, 0.15) is 0 Å². The van der Waals surface area contributed by atoms with Crippen molar-refractivity contribution in [2.24, 2.45) is 0 Å². The Morgan fingerprint density at radius 2 is 2.16 bits per heavy atom. The van der Waals surface area contributed by atoms with E-state index in [1.165, 1.54) is 11.3 Å². The molecule has 2 aromatic rings. The lowest BCUT2D eigenvalue weighted by atomic mass is 10.3. The Kier molecular flexibility index (Phi) is 4.60. The summed E-state index contributed by atoms with van der Waals surface area (Å²) in [6.45, 7) is -0.422. The van der Waals surface area contributed by atoms with Crippen molar-refractivity contribution in [2.75, 3.05) is 18.5 Å². The van der Waals surface area contributed by atoms with Gasteiger partial charge in [-0.2, -0.15) is 0 Å². The molecule has 0 unspecified atom stereocenters. The fraction of sp³-hybridized carbons (Fsp3) is 0.250. The molecule has 1 aromatic heterocycles. The number of halogens is 1. The van der Waals surface area contributed by atoms with E-state index in [-0.39, 0.29) is 6.54 Å². The predicted octanol–water partition coefficient (Wildman–Crippen LogP) is 2.03. The highest BCUT2D eigenvalue weighted by molar-refractivity contribution is 7.23. The maximum atomic E-state index is 11.6. The van der Waals surface area contributed by atoms with E-state index >= 15 is 0 Å². The zero-order chi connectivity index (χ0) is 13.8. The number of aliphatic hydroxyl groups is 2. The van der Waals surface area contributed by atoms with E-state index in [9.17, 15) is 4.79 Å². The number of nitrogens with one attached hydrogen (secondary N) is 2. The molecule has 2 rings (SSSR count). The van der Waals surface area contributed by atoms with Crippen LogP contribution in [-0.4, -0.2) is 35.5 Å². The van der Waals surface area contributed by atoms with E-state index in [0.29, 0.717) is 10.0 Å². The zero-order valence-electron chi connectivity index (χ0n) is 9.89. The van der Waals surface area contributed by atoms with Gasteiger partial charge in [0, 0.05) is 16.6 Å². The molecule has 0 spiro atoms. The van der Waals surface area contributed by atoms with Gasteiger partial charge in [0.05, 0.1) is 17.7 Å². The van der Waals surface area contributed by atoms with Gasteiger partial charge in [-0.05, 0) is 6.07 Å². The lowest BCUT2D eigenvalue weighted by molar-refractivity contribution is 0.0965. The summed E-state index contributed by atoms with van der Waals surface area (Å²) in [5, 5.41) is 24.8. The normalized spacial score (nSPS) is 12.4. The van der Waals surface area contributed by atoms with E-state index < -0.39 is 18.7 Å². The van der Waals surface area contributed by atoms with E-state index in [2.05, 4.69) is 10.6 Å². The minimum absolute atomic E-state index is 0.0230. The lowest BCUT2D eigenvalue weighted by Gasteiger charge is -2.09. The molecule has 0 aliphatic rings. The smallest absolute Gasteiger partial charge is 0.319 e. The predicted molar refractivity (Wildman–Crippen MR) is 76.9 cm³/mol. The first kappa shape index (κ1) is 14.1. The van der Waals surface area contributed by atoms with Gasteiger partial charge in [-0.1, -0.05) is 29.8 Å². The van der Waals surface area contributed by atoms with Crippen molar-refractivity contribution in [3.8, 4) is 0 Å². The molecule has 0 aliphatic heterocycles. The van der Waals surface area contributed by atoms with Crippen LogP contribution >= 0.6 is 22.9 Å². The standard InChI is InChI=1S/C12H13ClN2O3S/c13-10-8-3-1-2-4-9(8)19-11(10)15-12(18)14-5-7(17)6-16/h1-4,7,16-17H,5-6H2,(H2,14,15,18)/t7-/m1/s1. The second kappa shape index (κ2) is 6.21. The van der Waals surface area contributed by atoms with Crippen LogP contribution in [-0.2, 0) is 0 Å². The lowest BCUT2D eigenvalue weighted by Crippen LogP contribution is -2.36. The molecular formula is C12H13ClN2O3S. The van der Waals surface area contributed by atoms with Crippen molar-refractivity contribution in [1.29, 1.82) is 0 Å². The SMILES string of the molecule is O=C(NC[C@@H](O)CO)Nc1sc2ccccc2c1Cl. The van der Waals surface area contributed by atoms with Crippen LogP contribution in [0, 0.1) is 0 Å². The highest BCUT2D eigenvalue weighted by Gasteiger charge is 2.12.